The van der Waals surface area contributed by atoms with E-state index >= 15 is 0 Å². The average molecular weight is 491 g/mol. The minimum Gasteiger partial charge on any atom is -0.392 e. The average Bonchev–Trinajstić information content (AvgIpc) is 3.17. The summed E-state index contributed by atoms with van der Waals surface area (Å²) < 4.78 is 29.4. The highest BCUT2D eigenvalue weighted by molar-refractivity contribution is 7.92. The standard InChI is InChI=1S/C25H26N6O3S/c1-3-30(21-13-9-19(17-32)10-14-21)35(33,34)23-15-11-20(12-16-23)27-28-24-18(2)29-31(25(24)26)22-7-5-4-6-8-22/h4-16,32H,3,17,26H2,1-2H3/b28-27+. The van der Waals surface area contributed by atoms with Crippen LogP contribution in [0.1, 0.15) is 18.2 Å². The topological polar surface area (TPSA) is 126 Å². The monoisotopic (exact) mass is 490 g/mol. The first-order valence-corrected chi connectivity index (χ1v) is 12.4. The molecule has 0 radical (unpaired) electrons. The molecule has 4 rings (SSSR count). The summed E-state index contributed by atoms with van der Waals surface area (Å²) in [6.07, 6.45) is 0. The fraction of sp³-hybridized carbons (Fsp3) is 0.160. The summed E-state index contributed by atoms with van der Waals surface area (Å²) in [5.41, 5.74) is 9.86. The van der Waals surface area contributed by atoms with Crippen LogP contribution >= 0.6 is 0 Å². The first kappa shape index (κ1) is 24.1. The summed E-state index contributed by atoms with van der Waals surface area (Å²) in [6, 6.07) is 22.4. The Kier molecular flexibility index (Phi) is 6.94. The van der Waals surface area contributed by atoms with Gasteiger partial charge in [0.1, 0.15) is 0 Å². The number of sulfonamides is 1. The lowest BCUT2D eigenvalue weighted by Crippen LogP contribution is -2.30. The molecule has 0 bridgehead atoms. The lowest BCUT2D eigenvalue weighted by atomic mass is 10.2. The van der Waals surface area contributed by atoms with Gasteiger partial charge in [0, 0.05) is 6.54 Å². The lowest BCUT2D eigenvalue weighted by Gasteiger charge is -2.23. The van der Waals surface area contributed by atoms with Crippen LogP contribution in [0.2, 0.25) is 0 Å². The van der Waals surface area contributed by atoms with Crippen molar-refractivity contribution in [2.45, 2.75) is 25.3 Å². The Labute approximate surface area is 204 Å². The van der Waals surface area contributed by atoms with Gasteiger partial charge in [-0.3, -0.25) is 4.31 Å². The van der Waals surface area contributed by atoms with Gasteiger partial charge in [-0.25, -0.2) is 13.1 Å². The van der Waals surface area contributed by atoms with Crippen LogP contribution in [-0.2, 0) is 16.6 Å². The van der Waals surface area contributed by atoms with E-state index in [0.717, 1.165) is 5.69 Å². The third-order valence-corrected chi connectivity index (χ3v) is 7.37. The molecule has 0 amide bonds. The molecule has 10 heteroatoms. The van der Waals surface area contributed by atoms with Crippen molar-refractivity contribution in [3.05, 3.63) is 90.1 Å². The van der Waals surface area contributed by atoms with Crippen LogP contribution in [0.25, 0.3) is 5.69 Å². The summed E-state index contributed by atoms with van der Waals surface area (Å²) in [4.78, 5) is 0.136. The molecule has 4 aromatic rings. The first-order chi connectivity index (χ1) is 16.8. The fourth-order valence-corrected chi connectivity index (χ4v) is 5.08. The molecular formula is C25H26N6O3S. The summed E-state index contributed by atoms with van der Waals surface area (Å²) in [5.74, 6) is 0.363. The van der Waals surface area contributed by atoms with E-state index in [-0.39, 0.29) is 18.0 Å². The summed E-state index contributed by atoms with van der Waals surface area (Å²) >= 11 is 0. The summed E-state index contributed by atoms with van der Waals surface area (Å²) in [5, 5.41) is 22.2. The molecule has 3 aromatic carbocycles. The number of benzene rings is 3. The number of aliphatic hydroxyl groups is 1. The van der Waals surface area contributed by atoms with Crippen molar-refractivity contribution in [1.29, 1.82) is 0 Å². The Bertz CT molecular complexity index is 1430. The number of nitrogens with two attached hydrogens (primary N) is 1. The number of nitrogens with zero attached hydrogens (tertiary/aromatic N) is 5. The zero-order valence-electron chi connectivity index (χ0n) is 19.4. The second-order valence-corrected chi connectivity index (χ2v) is 9.62. The highest BCUT2D eigenvalue weighted by Crippen LogP contribution is 2.31. The van der Waals surface area contributed by atoms with Crippen LogP contribution in [0.4, 0.5) is 22.9 Å². The molecule has 0 unspecified atom stereocenters. The summed E-state index contributed by atoms with van der Waals surface area (Å²) in [7, 11) is -3.78. The van der Waals surface area contributed by atoms with Crippen LogP contribution in [0.15, 0.2) is 94.0 Å². The Hall–Kier alpha value is -4.02. The number of para-hydroxylation sites is 1. The van der Waals surface area contributed by atoms with Crippen LogP contribution in [-0.4, -0.2) is 29.8 Å². The molecule has 3 N–H and O–H groups in total. The number of azo groups is 1. The maximum Gasteiger partial charge on any atom is 0.264 e. The number of hydrogen-bond donors (Lipinski definition) is 2. The van der Waals surface area contributed by atoms with Gasteiger partial charge in [-0.05, 0) is 67.9 Å². The van der Waals surface area contributed by atoms with Gasteiger partial charge in [-0.2, -0.15) is 10.2 Å². The molecule has 0 aliphatic carbocycles. The van der Waals surface area contributed by atoms with Crippen molar-refractivity contribution < 1.29 is 13.5 Å². The molecule has 0 saturated heterocycles. The van der Waals surface area contributed by atoms with E-state index in [0.29, 0.717) is 34.1 Å². The zero-order valence-corrected chi connectivity index (χ0v) is 20.2. The largest absolute Gasteiger partial charge is 0.392 e. The van der Waals surface area contributed by atoms with Crippen LogP contribution in [0, 0.1) is 6.92 Å². The van der Waals surface area contributed by atoms with Gasteiger partial charge in [0.15, 0.2) is 11.5 Å². The molecule has 0 spiro atoms. The number of hydrogen-bond acceptors (Lipinski definition) is 7. The van der Waals surface area contributed by atoms with Crippen molar-refractivity contribution in [2.24, 2.45) is 10.2 Å². The molecule has 180 valence electrons. The van der Waals surface area contributed by atoms with E-state index in [1.54, 1.807) is 54.9 Å². The second kappa shape index (κ2) is 10.1. The second-order valence-electron chi connectivity index (χ2n) is 7.75. The quantitative estimate of drug-likeness (QED) is 0.340. The number of aromatic nitrogens is 2. The molecule has 35 heavy (non-hydrogen) atoms. The maximum atomic E-state index is 13.2. The molecule has 9 nitrogen and oxygen atoms in total. The number of anilines is 2. The minimum atomic E-state index is -3.78. The van der Waals surface area contributed by atoms with Crippen LogP contribution in [0.5, 0.6) is 0 Å². The number of rotatable bonds is 8. The van der Waals surface area contributed by atoms with Gasteiger partial charge in [-0.1, -0.05) is 30.3 Å². The normalized spacial score (nSPS) is 11.7. The Morgan fingerprint density at radius 2 is 1.63 bits per heavy atom. The predicted molar refractivity (Wildman–Crippen MR) is 136 cm³/mol. The van der Waals surface area contributed by atoms with Crippen molar-refractivity contribution in [3.8, 4) is 5.69 Å². The molecule has 0 saturated carbocycles. The van der Waals surface area contributed by atoms with E-state index in [1.165, 1.54) is 16.4 Å². The Morgan fingerprint density at radius 3 is 2.23 bits per heavy atom. The maximum absolute atomic E-state index is 13.2. The van der Waals surface area contributed by atoms with Crippen LogP contribution < -0.4 is 10.0 Å². The third-order valence-electron chi connectivity index (χ3n) is 5.45. The van der Waals surface area contributed by atoms with Crippen molar-refractivity contribution in [1.82, 2.24) is 9.78 Å². The van der Waals surface area contributed by atoms with Gasteiger partial charge in [-0.15, -0.1) is 5.11 Å². The molecule has 1 heterocycles. The van der Waals surface area contributed by atoms with Gasteiger partial charge in [0.2, 0.25) is 0 Å². The molecule has 0 fully saturated rings. The first-order valence-electron chi connectivity index (χ1n) is 11.0. The SMILES string of the molecule is CCN(c1ccc(CO)cc1)S(=O)(=O)c1ccc(/N=N/c2c(C)nn(-c3ccccc3)c2N)cc1. The van der Waals surface area contributed by atoms with Gasteiger partial charge in [0.05, 0.1) is 34.3 Å². The highest BCUT2D eigenvalue weighted by atomic mass is 32.2. The number of aryl methyl sites for hydroxylation is 1. The zero-order chi connectivity index (χ0) is 25.0. The molecule has 0 atom stereocenters. The van der Waals surface area contributed by atoms with Gasteiger partial charge in [0.25, 0.3) is 10.0 Å². The molecule has 1 aromatic heterocycles. The Morgan fingerprint density at radius 1 is 0.971 bits per heavy atom. The molecular weight excluding hydrogens is 464 g/mol. The van der Waals surface area contributed by atoms with Crippen molar-refractivity contribution >= 4 is 32.9 Å². The van der Waals surface area contributed by atoms with E-state index in [1.807, 2.05) is 30.3 Å². The molecule has 0 aliphatic heterocycles. The lowest BCUT2D eigenvalue weighted by molar-refractivity contribution is 0.282. The number of aliphatic hydroxyl groups excluding tert-OH is 1. The third kappa shape index (κ3) is 4.93. The van der Waals surface area contributed by atoms with E-state index < -0.39 is 10.0 Å². The summed E-state index contributed by atoms with van der Waals surface area (Å²) in [6.45, 7) is 3.72. The van der Waals surface area contributed by atoms with Crippen LogP contribution in [0.3, 0.4) is 0 Å². The number of nitrogen functional groups attached to an aromatic ring is 1. The van der Waals surface area contributed by atoms with Crippen molar-refractivity contribution in [2.75, 3.05) is 16.6 Å². The highest BCUT2D eigenvalue weighted by Gasteiger charge is 2.23. The van der Waals surface area contributed by atoms with E-state index in [9.17, 15) is 13.5 Å². The smallest absolute Gasteiger partial charge is 0.264 e. The minimum absolute atomic E-state index is 0.104. The Balaban J connectivity index is 1.56. The van der Waals surface area contributed by atoms with Gasteiger partial charge >= 0.3 is 0 Å². The van der Waals surface area contributed by atoms with Gasteiger partial charge < -0.3 is 10.8 Å². The van der Waals surface area contributed by atoms with E-state index in [2.05, 4.69) is 15.3 Å². The van der Waals surface area contributed by atoms with Crippen molar-refractivity contribution in [3.63, 3.8) is 0 Å². The van der Waals surface area contributed by atoms with E-state index in [4.69, 9.17) is 5.73 Å². The predicted octanol–water partition coefficient (Wildman–Crippen LogP) is 4.89. The molecule has 0 aliphatic rings. The fourth-order valence-electron chi connectivity index (χ4n) is 3.61.